The first-order valence-corrected chi connectivity index (χ1v) is 11.1. The zero-order valence-electron chi connectivity index (χ0n) is 16.8. The van der Waals surface area contributed by atoms with Crippen LogP contribution in [0.4, 0.5) is 5.69 Å². The number of rotatable bonds is 9. The van der Waals surface area contributed by atoms with E-state index in [-0.39, 0.29) is 19.2 Å². The second kappa shape index (κ2) is 9.84. The maximum Gasteiger partial charge on any atom is 0.241 e. The lowest BCUT2D eigenvalue weighted by Gasteiger charge is -2.23. The van der Waals surface area contributed by atoms with Crippen molar-refractivity contribution in [3.63, 3.8) is 0 Å². The Morgan fingerprint density at radius 3 is 2.34 bits per heavy atom. The summed E-state index contributed by atoms with van der Waals surface area (Å²) >= 11 is 6.10. The Bertz CT molecular complexity index is 948. The van der Waals surface area contributed by atoms with Crippen LogP contribution in [-0.2, 0) is 14.8 Å². The summed E-state index contributed by atoms with van der Waals surface area (Å²) in [5.74, 6) is 0.910. The Morgan fingerprint density at radius 2 is 1.79 bits per heavy atom. The van der Waals surface area contributed by atoms with Crippen molar-refractivity contribution >= 4 is 33.2 Å². The molecule has 2 aromatic carbocycles. The molecule has 0 aliphatic rings. The summed E-state index contributed by atoms with van der Waals surface area (Å²) in [6.45, 7) is 3.46. The van der Waals surface area contributed by atoms with Crippen LogP contribution in [0.1, 0.15) is 12.5 Å². The molecule has 0 aromatic heterocycles. The van der Waals surface area contributed by atoms with E-state index < -0.39 is 15.9 Å². The van der Waals surface area contributed by atoms with E-state index in [2.05, 4.69) is 5.32 Å². The molecular formula is C20H25ClN2O5S. The lowest BCUT2D eigenvalue weighted by atomic mass is 10.2. The molecule has 0 bridgehead atoms. The van der Waals surface area contributed by atoms with Gasteiger partial charge >= 0.3 is 0 Å². The quantitative estimate of drug-likeness (QED) is 0.647. The first-order chi connectivity index (χ1) is 13.6. The third kappa shape index (κ3) is 6.83. The number of hydrogen-bond donors (Lipinski definition) is 1. The third-order valence-corrected chi connectivity index (χ3v) is 5.65. The van der Waals surface area contributed by atoms with E-state index in [1.807, 2.05) is 6.92 Å². The second-order valence-corrected chi connectivity index (χ2v) is 8.97. The smallest absolute Gasteiger partial charge is 0.241 e. The molecule has 0 aliphatic heterocycles. The number of hydrogen-bond acceptors (Lipinski definition) is 5. The topological polar surface area (TPSA) is 84.9 Å². The van der Waals surface area contributed by atoms with Crippen LogP contribution >= 0.6 is 11.6 Å². The number of anilines is 1. The lowest BCUT2D eigenvalue weighted by molar-refractivity contribution is -0.120. The maximum atomic E-state index is 12.4. The summed E-state index contributed by atoms with van der Waals surface area (Å²) in [5.41, 5.74) is 1.15. The van der Waals surface area contributed by atoms with Crippen molar-refractivity contribution in [3.05, 3.63) is 53.1 Å². The molecule has 2 aromatic rings. The Balaban J connectivity index is 1.97. The summed E-state index contributed by atoms with van der Waals surface area (Å²) in [4.78, 5) is 12.4. The van der Waals surface area contributed by atoms with Gasteiger partial charge in [-0.15, -0.1) is 0 Å². The first kappa shape index (κ1) is 22.8. The van der Waals surface area contributed by atoms with Crippen LogP contribution in [0.25, 0.3) is 0 Å². The minimum absolute atomic E-state index is 0.229. The van der Waals surface area contributed by atoms with E-state index >= 15 is 0 Å². The van der Waals surface area contributed by atoms with E-state index in [0.717, 1.165) is 21.9 Å². The summed E-state index contributed by atoms with van der Waals surface area (Å²) in [6, 6.07) is 11.6. The number of nitrogens with zero attached hydrogens (tertiary/aromatic N) is 1. The van der Waals surface area contributed by atoms with E-state index in [1.165, 1.54) is 6.07 Å². The van der Waals surface area contributed by atoms with Crippen molar-refractivity contribution in [1.82, 2.24) is 5.32 Å². The van der Waals surface area contributed by atoms with Crippen molar-refractivity contribution in [3.8, 4) is 11.5 Å². The van der Waals surface area contributed by atoms with Gasteiger partial charge in [-0.2, -0.15) is 0 Å². The summed E-state index contributed by atoms with van der Waals surface area (Å²) in [5, 5.41) is 3.17. The number of carbonyl (C=O) groups excluding carboxylic acids is 1. The Morgan fingerprint density at radius 1 is 1.17 bits per heavy atom. The second-order valence-electron chi connectivity index (χ2n) is 6.66. The van der Waals surface area contributed by atoms with Crippen molar-refractivity contribution in [2.45, 2.75) is 19.9 Å². The van der Waals surface area contributed by atoms with Gasteiger partial charge in [0.05, 0.1) is 25.1 Å². The largest absolute Gasteiger partial charge is 0.497 e. The molecule has 29 heavy (non-hydrogen) atoms. The summed E-state index contributed by atoms with van der Waals surface area (Å²) in [7, 11) is -2.09. The Labute approximate surface area is 176 Å². The molecule has 2 rings (SSSR count). The molecule has 0 unspecified atom stereocenters. The molecule has 0 radical (unpaired) electrons. The lowest BCUT2D eigenvalue weighted by Crippen LogP contribution is -2.44. The van der Waals surface area contributed by atoms with Crippen molar-refractivity contribution < 1.29 is 22.7 Å². The molecule has 0 saturated carbocycles. The molecule has 158 valence electrons. The molecule has 1 atom stereocenters. The molecule has 7 nitrogen and oxygen atoms in total. The number of halogens is 1. The van der Waals surface area contributed by atoms with Gasteiger partial charge in [0.1, 0.15) is 24.7 Å². The minimum Gasteiger partial charge on any atom is -0.497 e. The highest BCUT2D eigenvalue weighted by molar-refractivity contribution is 7.92. The molecule has 1 amide bonds. The fourth-order valence-electron chi connectivity index (χ4n) is 2.52. The summed E-state index contributed by atoms with van der Waals surface area (Å²) < 4.78 is 36.1. The molecule has 0 aliphatic carbocycles. The van der Waals surface area contributed by atoms with Crippen LogP contribution in [0.2, 0.25) is 5.02 Å². The fourth-order valence-corrected chi connectivity index (χ4v) is 3.55. The highest BCUT2D eigenvalue weighted by atomic mass is 35.5. The van der Waals surface area contributed by atoms with Crippen molar-refractivity contribution in [2.24, 2.45) is 0 Å². The van der Waals surface area contributed by atoms with Gasteiger partial charge in [0, 0.05) is 5.02 Å². The van der Waals surface area contributed by atoms with Gasteiger partial charge in [0.25, 0.3) is 0 Å². The highest BCUT2D eigenvalue weighted by Crippen LogP contribution is 2.24. The van der Waals surface area contributed by atoms with Crippen LogP contribution in [-0.4, -0.2) is 46.9 Å². The van der Waals surface area contributed by atoms with Crippen LogP contribution < -0.4 is 19.1 Å². The van der Waals surface area contributed by atoms with E-state index in [0.29, 0.717) is 16.5 Å². The number of nitrogens with one attached hydrogen (secondary N) is 1. The normalized spacial score (nSPS) is 12.2. The average molecular weight is 441 g/mol. The maximum absolute atomic E-state index is 12.4. The predicted octanol–water partition coefficient (Wildman–Crippen LogP) is 3.01. The number of methoxy groups -OCH3 is 1. The first-order valence-electron chi connectivity index (χ1n) is 8.90. The van der Waals surface area contributed by atoms with Gasteiger partial charge < -0.3 is 14.8 Å². The Hall–Kier alpha value is -2.45. The third-order valence-electron chi connectivity index (χ3n) is 4.10. The zero-order valence-corrected chi connectivity index (χ0v) is 18.4. The Kier molecular flexibility index (Phi) is 7.75. The number of amides is 1. The standard InChI is InChI=1S/C20H25ClN2O5S/c1-14-5-6-16(11-19(14)21)23(29(4,25)26)12-20(24)22-15(2)13-28-18-9-7-17(27-3)8-10-18/h5-11,15H,12-13H2,1-4H3,(H,22,24)/t15-/m1/s1. The van der Waals surface area contributed by atoms with E-state index in [4.69, 9.17) is 21.1 Å². The van der Waals surface area contributed by atoms with Crippen LogP contribution in [0, 0.1) is 6.92 Å². The monoisotopic (exact) mass is 440 g/mol. The number of carbonyl (C=O) groups is 1. The molecular weight excluding hydrogens is 416 g/mol. The number of sulfonamides is 1. The van der Waals surface area contributed by atoms with E-state index in [1.54, 1.807) is 50.4 Å². The molecule has 1 N–H and O–H groups in total. The molecule has 0 spiro atoms. The summed E-state index contributed by atoms with van der Waals surface area (Å²) in [6.07, 6.45) is 1.05. The van der Waals surface area contributed by atoms with Crippen LogP contribution in [0.3, 0.4) is 0 Å². The van der Waals surface area contributed by atoms with Crippen molar-refractivity contribution in [2.75, 3.05) is 30.8 Å². The average Bonchev–Trinajstić information content (AvgIpc) is 2.66. The molecule has 0 fully saturated rings. The molecule has 0 heterocycles. The minimum atomic E-state index is -3.67. The van der Waals surface area contributed by atoms with Gasteiger partial charge in [-0.1, -0.05) is 17.7 Å². The number of benzene rings is 2. The zero-order chi connectivity index (χ0) is 21.6. The van der Waals surface area contributed by atoms with Crippen LogP contribution in [0.15, 0.2) is 42.5 Å². The predicted molar refractivity (Wildman–Crippen MR) is 114 cm³/mol. The van der Waals surface area contributed by atoms with Gasteiger partial charge in [0.15, 0.2) is 0 Å². The fraction of sp³-hybridized carbons (Fsp3) is 0.350. The van der Waals surface area contributed by atoms with Gasteiger partial charge in [-0.3, -0.25) is 9.10 Å². The van der Waals surface area contributed by atoms with Gasteiger partial charge in [-0.05, 0) is 55.8 Å². The van der Waals surface area contributed by atoms with Gasteiger partial charge in [0.2, 0.25) is 15.9 Å². The van der Waals surface area contributed by atoms with Crippen molar-refractivity contribution in [1.29, 1.82) is 0 Å². The molecule has 0 saturated heterocycles. The number of aryl methyl sites for hydroxylation is 1. The van der Waals surface area contributed by atoms with Gasteiger partial charge in [-0.25, -0.2) is 8.42 Å². The highest BCUT2D eigenvalue weighted by Gasteiger charge is 2.22. The number of ether oxygens (including phenoxy) is 2. The van der Waals surface area contributed by atoms with E-state index in [9.17, 15) is 13.2 Å². The molecule has 9 heteroatoms. The van der Waals surface area contributed by atoms with Crippen LogP contribution in [0.5, 0.6) is 11.5 Å². The SMILES string of the molecule is COc1ccc(OC[C@@H](C)NC(=O)CN(c2ccc(C)c(Cl)c2)S(C)(=O)=O)cc1.